The molecule has 1 amide bonds. The number of aromatic nitrogens is 2. The molecule has 0 aliphatic rings. The van der Waals surface area contributed by atoms with Gasteiger partial charge in [-0.3, -0.25) is 4.79 Å². The third kappa shape index (κ3) is 5.31. The molecule has 150 valence electrons. The number of nitrogens with zero attached hydrogens (tertiary/aromatic N) is 1. The number of aryl methyl sites for hydroxylation is 1. The van der Waals surface area contributed by atoms with Crippen LogP contribution >= 0.6 is 0 Å². The van der Waals surface area contributed by atoms with E-state index in [9.17, 15) is 9.59 Å². The predicted octanol–water partition coefficient (Wildman–Crippen LogP) is 3.51. The summed E-state index contributed by atoms with van der Waals surface area (Å²) in [6.07, 6.45) is 0.666. The van der Waals surface area contributed by atoms with Gasteiger partial charge in [-0.2, -0.15) is 4.98 Å². The molecule has 2 N–H and O–H groups in total. The van der Waals surface area contributed by atoms with Crippen LogP contribution in [0.25, 0.3) is 11.3 Å². The van der Waals surface area contributed by atoms with Crippen molar-refractivity contribution in [2.75, 3.05) is 7.11 Å². The summed E-state index contributed by atoms with van der Waals surface area (Å²) in [4.78, 5) is 31.4. The summed E-state index contributed by atoms with van der Waals surface area (Å²) >= 11 is 0. The van der Waals surface area contributed by atoms with Gasteiger partial charge in [0, 0.05) is 11.1 Å². The number of carbonyl (C=O) groups is 1. The second-order valence-corrected chi connectivity index (χ2v) is 7.71. The van der Waals surface area contributed by atoms with Crippen LogP contribution in [0.4, 0.5) is 0 Å². The molecule has 0 saturated carbocycles. The summed E-state index contributed by atoms with van der Waals surface area (Å²) in [6, 6.07) is 16.9. The first-order chi connectivity index (χ1) is 13.8. The number of nitrogens with one attached hydrogen (secondary N) is 2. The number of hydrogen-bond acceptors (Lipinski definition) is 4. The van der Waals surface area contributed by atoms with Crippen LogP contribution < -0.4 is 15.7 Å². The van der Waals surface area contributed by atoms with Crippen molar-refractivity contribution in [2.45, 2.75) is 32.7 Å². The van der Waals surface area contributed by atoms with E-state index < -0.39 is 11.2 Å². The topological polar surface area (TPSA) is 84.1 Å². The average Bonchev–Trinajstić information content (AvgIpc) is 2.69. The van der Waals surface area contributed by atoms with Crippen LogP contribution in [0.15, 0.2) is 59.4 Å². The highest BCUT2D eigenvalue weighted by Gasteiger charge is 2.23. The third-order valence-electron chi connectivity index (χ3n) is 4.59. The molecular formula is C23H25N3O3. The van der Waals surface area contributed by atoms with E-state index in [1.807, 2.05) is 20.8 Å². The summed E-state index contributed by atoms with van der Waals surface area (Å²) in [5.41, 5.74) is 2.58. The first kappa shape index (κ1) is 20.3. The van der Waals surface area contributed by atoms with Crippen molar-refractivity contribution in [1.29, 1.82) is 0 Å². The molecule has 0 spiro atoms. The lowest BCUT2D eigenvalue weighted by Crippen LogP contribution is -2.45. The molecule has 6 heteroatoms. The van der Waals surface area contributed by atoms with Gasteiger partial charge in [-0.25, -0.2) is 4.79 Å². The highest BCUT2D eigenvalue weighted by atomic mass is 16.5. The van der Waals surface area contributed by atoms with E-state index in [0.29, 0.717) is 17.9 Å². The van der Waals surface area contributed by atoms with Crippen LogP contribution in [0.2, 0.25) is 0 Å². The van der Waals surface area contributed by atoms with E-state index in [1.54, 1.807) is 37.4 Å². The molecule has 0 unspecified atom stereocenters. The lowest BCUT2D eigenvalue weighted by atomic mass is 9.94. The fraction of sp³-hybridized carbons (Fsp3) is 0.261. The Balaban J connectivity index is 1.80. The van der Waals surface area contributed by atoms with E-state index in [2.05, 4.69) is 39.6 Å². The van der Waals surface area contributed by atoms with Gasteiger partial charge in [0.15, 0.2) is 0 Å². The molecule has 29 heavy (non-hydrogen) atoms. The molecule has 2 aromatic carbocycles. The van der Waals surface area contributed by atoms with Crippen molar-refractivity contribution in [1.82, 2.24) is 15.3 Å². The number of aromatic amines is 1. The Morgan fingerprint density at radius 2 is 1.76 bits per heavy atom. The zero-order valence-corrected chi connectivity index (χ0v) is 17.1. The van der Waals surface area contributed by atoms with Crippen molar-refractivity contribution >= 4 is 5.91 Å². The van der Waals surface area contributed by atoms with E-state index >= 15 is 0 Å². The minimum atomic E-state index is -0.570. The average molecular weight is 391 g/mol. The van der Waals surface area contributed by atoms with Gasteiger partial charge >= 0.3 is 5.69 Å². The number of hydrogen-bond donors (Lipinski definition) is 2. The molecule has 1 heterocycles. The third-order valence-corrected chi connectivity index (χ3v) is 4.59. The van der Waals surface area contributed by atoms with Gasteiger partial charge in [0.2, 0.25) is 0 Å². The second-order valence-electron chi connectivity index (χ2n) is 7.71. The Hall–Kier alpha value is -3.41. The van der Waals surface area contributed by atoms with E-state index in [-0.39, 0.29) is 11.6 Å². The van der Waals surface area contributed by atoms with E-state index in [0.717, 1.165) is 11.1 Å². The molecular weight excluding hydrogens is 366 g/mol. The lowest BCUT2D eigenvalue weighted by Gasteiger charge is -2.26. The van der Waals surface area contributed by atoms with E-state index in [4.69, 9.17) is 4.74 Å². The maximum Gasteiger partial charge on any atom is 0.346 e. The van der Waals surface area contributed by atoms with E-state index in [1.165, 1.54) is 5.56 Å². The van der Waals surface area contributed by atoms with Gasteiger partial charge in [-0.1, -0.05) is 29.8 Å². The summed E-state index contributed by atoms with van der Waals surface area (Å²) < 4.78 is 5.15. The second kappa shape index (κ2) is 8.31. The molecule has 3 rings (SSSR count). The molecule has 1 aromatic heterocycles. The number of ether oxygens (including phenoxy) is 1. The highest BCUT2D eigenvalue weighted by Crippen LogP contribution is 2.20. The Labute approximate surface area is 170 Å². The van der Waals surface area contributed by atoms with Gasteiger partial charge in [0.25, 0.3) is 5.91 Å². The first-order valence-electron chi connectivity index (χ1n) is 9.40. The maximum atomic E-state index is 12.8. The van der Waals surface area contributed by atoms with Crippen LogP contribution in [0.1, 0.15) is 35.5 Å². The Morgan fingerprint density at radius 3 is 2.38 bits per heavy atom. The van der Waals surface area contributed by atoms with Crippen LogP contribution in [-0.4, -0.2) is 28.5 Å². The zero-order valence-electron chi connectivity index (χ0n) is 17.1. The van der Waals surface area contributed by atoms with Crippen molar-refractivity contribution in [3.05, 3.63) is 81.9 Å². The standard InChI is InChI=1S/C23H25N3O3/c1-15-5-7-16(8-6-15)14-23(2,3)26-21(27)20-13-19(24-22(28)25-20)17-9-11-18(29-4)12-10-17/h5-13H,14H2,1-4H3,(H,26,27)(H,24,25,28). The number of benzene rings is 2. The van der Waals surface area contributed by atoms with Gasteiger partial charge in [-0.05, 0) is 63.1 Å². The van der Waals surface area contributed by atoms with Gasteiger partial charge < -0.3 is 15.0 Å². The van der Waals surface area contributed by atoms with Crippen molar-refractivity contribution in [3.63, 3.8) is 0 Å². The fourth-order valence-corrected chi connectivity index (χ4v) is 3.12. The summed E-state index contributed by atoms with van der Waals surface area (Å²) in [5.74, 6) is 0.353. The Bertz CT molecular complexity index is 1050. The molecule has 6 nitrogen and oxygen atoms in total. The lowest BCUT2D eigenvalue weighted by molar-refractivity contribution is 0.0907. The number of rotatable bonds is 6. The maximum absolute atomic E-state index is 12.8. The largest absolute Gasteiger partial charge is 0.497 e. The van der Waals surface area contributed by atoms with Crippen LogP contribution in [-0.2, 0) is 6.42 Å². The van der Waals surface area contributed by atoms with Crippen molar-refractivity contribution < 1.29 is 9.53 Å². The number of H-pyrrole nitrogens is 1. The Kier molecular flexibility index (Phi) is 5.82. The monoisotopic (exact) mass is 391 g/mol. The SMILES string of the molecule is COc1ccc(-c2cc(C(=O)NC(C)(C)Cc3ccc(C)cc3)[nH]c(=O)n2)cc1. The molecule has 0 bridgehead atoms. The van der Waals surface area contributed by atoms with Gasteiger partial charge in [-0.15, -0.1) is 0 Å². The normalized spacial score (nSPS) is 11.2. The molecule has 0 atom stereocenters. The molecule has 0 aliphatic carbocycles. The highest BCUT2D eigenvalue weighted by molar-refractivity contribution is 5.93. The molecule has 0 radical (unpaired) electrons. The molecule has 0 saturated heterocycles. The van der Waals surface area contributed by atoms with Gasteiger partial charge in [0.1, 0.15) is 11.4 Å². The fourth-order valence-electron chi connectivity index (χ4n) is 3.12. The number of amides is 1. The summed E-state index contributed by atoms with van der Waals surface area (Å²) in [6.45, 7) is 5.94. The summed E-state index contributed by atoms with van der Waals surface area (Å²) in [7, 11) is 1.58. The minimum absolute atomic E-state index is 0.174. The smallest absolute Gasteiger partial charge is 0.346 e. The number of methoxy groups -OCH3 is 1. The van der Waals surface area contributed by atoms with Crippen LogP contribution in [0.5, 0.6) is 5.75 Å². The van der Waals surface area contributed by atoms with Crippen molar-refractivity contribution in [3.8, 4) is 17.0 Å². The van der Waals surface area contributed by atoms with Crippen molar-refractivity contribution in [2.24, 2.45) is 0 Å². The number of carbonyl (C=O) groups excluding carboxylic acids is 1. The summed E-state index contributed by atoms with van der Waals surface area (Å²) in [5, 5.41) is 3.00. The quantitative estimate of drug-likeness (QED) is 0.674. The zero-order chi connectivity index (χ0) is 21.0. The van der Waals surface area contributed by atoms with Gasteiger partial charge in [0.05, 0.1) is 12.8 Å². The molecule has 0 fully saturated rings. The Morgan fingerprint density at radius 1 is 1.10 bits per heavy atom. The first-order valence-corrected chi connectivity index (χ1v) is 9.40. The van der Waals surface area contributed by atoms with Crippen LogP contribution in [0, 0.1) is 6.92 Å². The minimum Gasteiger partial charge on any atom is -0.497 e. The molecule has 3 aromatic rings. The van der Waals surface area contributed by atoms with Crippen LogP contribution in [0.3, 0.4) is 0 Å². The molecule has 0 aliphatic heterocycles. The predicted molar refractivity (Wildman–Crippen MR) is 113 cm³/mol.